The number of fused-ring (bicyclic) bond motifs is 1. The van der Waals surface area contributed by atoms with Crippen LogP contribution in [0, 0.1) is 0 Å². The molecule has 2 aliphatic heterocycles. The normalized spacial score (nSPS) is 18.9. The van der Waals surface area contributed by atoms with Crippen molar-refractivity contribution < 1.29 is 0 Å². The van der Waals surface area contributed by atoms with E-state index in [4.69, 9.17) is 9.98 Å². The van der Waals surface area contributed by atoms with Crippen LogP contribution in [0.3, 0.4) is 0 Å². The molecule has 2 aromatic carbocycles. The van der Waals surface area contributed by atoms with Gasteiger partial charge in [-0.05, 0) is 36.2 Å². The SMILES string of the molecule is CCCCSC(=Nc1ccccc1)Nc1cccc(C2CN3CCSC3=N2)c1. The Bertz CT molecular complexity index is 851. The average Bonchev–Trinajstić information content (AvgIpc) is 3.31. The highest BCUT2D eigenvalue weighted by Crippen LogP contribution is 2.33. The molecular weight excluding hydrogens is 384 g/mol. The molecule has 1 saturated heterocycles. The molecule has 0 radical (unpaired) electrons. The van der Waals surface area contributed by atoms with Gasteiger partial charge in [-0.3, -0.25) is 4.99 Å². The van der Waals surface area contributed by atoms with Crippen molar-refractivity contribution in [1.82, 2.24) is 4.90 Å². The van der Waals surface area contributed by atoms with Crippen LogP contribution in [-0.4, -0.2) is 39.8 Å². The first-order chi connectivity index (χ1) is 13.8. The Kier molecular flexibility index (Phi) is 6.60. The quantitative estimate of drug-likeness (QED) is 0.372. The summed E-state index contributed by atoms with van der Waals surface area (Å²) in [6.45, 7) is 4.35. The number of hydrogen-bond acceptors (Lipinski definition) is 5. The highest BCUT2D eigenvalue weighted by molar-refractivity contribution is 8.14. The summed E-state index contributed by atoms with van der Waals surface area (Å²) in [6, 6.07) is 19.0. The summed E-state index contributed by atoms with van der Waals surface area (Å²) in [5.74, 6) is 2.23. The molecule has 0 saturated carbocycles. The first-order valence-corrected chi connectivity index (χ1v) is 11.9. The van der Waals surface area contributed by atoms with E-state index in [2.05, 4.69) is 41.4 Å². The van der Waals surface area contributed by atoms with E-state index in [1.54, 1.807) is 11.8 Å². The van der Waals surface area contributed by atoms with Gasteiger partial charge in [-0.1, -0.05) is 67.2 Å². The predicted octanol–water partition coefficient (Wildman–Crippen LogP) is 5.78. The molecule has 2 heterocycles. The van der Waals surface area contributed by atoms with Gasteiger partial charge in [0, 0.05) is 30.3 Å². The lowest BCUT2D eigenvalue weighted by Crippen LogP contribution is -2.21. The fraction of sp³-hybridized carbons (Fsp3) is 0.364. The van der Waals surface area contributed by atoms with Crippen molar-refractivity contribution in [3.63, 3.8) is 0 Å². The van der Waals surface area contributed by atoms with Crippen molar-refractivity contribution in [2.24, 2.45) is 9.98 Å². The van der Waals surface area contributed by atoms with Crippen molar-refractivity contribution >= 4 is 45.2 Å². The van der Waals surface area contributed by atoms with Crippen LogP contribution in [-0.2, 0) is 0 Å². The lowest BCUT2D eigenvalue weighted by molar-refractivity contribution is 0.464. The molecule has 146 valence electrons. The minimum absolute atomic E-state index is 0.242. The highest BCUT2D eigenvalue weighted by atomic mass is 32.2. The van der Waals surface area contributed by atoms with Crippen LogP contribution in [0.1, 0.15) is 31.4 Å². The lowest BCUT2D eigenvalue weighted by Gasteiger charge is -2.15. The lowest BCUT2D eigenvalue weighted by atomic mass is 10.1. The van der Waals surface area contributed by atoms with Crippen LogP contribution < -0.4 is 5.32 Å². The number of hydrogen-bond donors (Lipinski definition) is 1. The van der Waals surface area contributed by atoms with Gasteiger partial charge in [0.1, 0.15) is 0 Å². The fourth-order valence-electron chi connectivity index (χ4n) is 3.26. The maximum Gasteiger partial charge on any atom is 0.166 e. The minimum Gasteiger partial charge on any atom is -0.348 e. The molecule has 2 aliphatic rings. The summed E-state index contributed by atoms with van der Waals surface area (Å²) in [5.41, 5.74) is 3.33. The van der Waals surface area contributed by atoms with Crippen molar-refractivity contribution in [2.45, 2.75) is 25.8 Å². The first kappa shape index (κ1) is 19.4. The molecule has 28 heavy (non-hydrogen) atoms. The maximum atomic E-state index is 4.91. The van der Waals surface area contributed by atoms with E-state index in [0.29, 0.717) is 0 Å². The number of nitrogens with one attached hydrogen (secondary N) is 1. The van der Waals surface area contributed by atoms with E-state index in [1.807, 2.05) is 42.1 Å². The molecule has 2 aromatic rings. The largest absolute Gasteiger partial charge is 0.348 e. The molecule has 6 heteroatoms. The van der Waals surface area contributed by atoms with E-state index >= 15 is 0 Å². The summed E-state index contributed by atoms with van der Waals surface area (Å²) in [5, 5.41) is 5.71. The van der Waals surface area contributed by atoms with E-state index in [9.17, 15) is 0 Å². The Balaban J connectivity index is 1.50. The summed E-state index contributed by atoms with van der Waals surface area (Å²) >= 11 is 3.66. The van der Waals surface area contributed by atoms with Gasteiger partial charge in [0.25, 0.3) is 0 Å². The van der Waals surface area contributed by atoms with Crippen LogP contribution in [0.15, 0.2) is 64.6 Å². The molecule has 1 fully saturated rings. The van der Waals surface area contributed by atoms with Gasteiger partial charge >= 0.3 is 0 Å². The molecule has 0 amide bonds. The molecule has 0 spiro atoms. The summed E-state index contributed by atoms with van der Waals surface area (Å²) in [4.78, 5) is 12.1. The molecule has 4 rings (SSSR count). The molecule has 1 unspecified atom stereocenters. The zero-order valence-electron chi connectivity index (χ0n) is 16.2. The Labute approximate surface area is 175 Å². The van der Waals surface area contributed by atoms with Crippen LogP contribution in [0.25, 0.3) is 0 Å². The number of amidine groups is 2. The predicted molar refractivity (Wildman–Crippen MR) is 125 cm³/mol. The number of nitrogens with zero attached hydrogens (tertiary/aromatic N) is 3. The zero-order valence-corrected chi connectivity index (χ0v) is 17.8. The number of aliphatic imine (C=N–C) groups is 2. The number of para-hydroxylation sites is 1. The van der Waals surface area contributed by atoms with Crippen molar-refractivity contribution in [3.8, 4) is 0 Å². The second kappa shape index (κ2) is 9.52. The number of anilines is 1. The smallest absolute Gasteiger partial charge is 0.166 e. The fourth-order valence-corrected chi connectivity index (χ4v) is 5.29. The van der Waals surface area contributed by atoms with Crippen LogP contribution >= 0.6 is 23.5 Å². The molecule has 1 N–H and O–H groups in total. The third-order valence-electron chi connectivity index (χ3n) is 4.77. The van der Waals surface area contributed by atoms with Gasteiger partial charge in [-0.25, -0.2) is 4.99 Å². The standard InChI is InChI=1S/C22H26N4S2/c1-2-3-13-27-21(23-18-9-5-4-6-10-18)24-19-11-7-8-17(15-19)20-16-26-12-14-28-22(26)25-20/h4-11,15,20H,2-3,12-14,16H2,1H3,(H,23,24). The molecular formula is C22H26N4S2. The molecule has 0 bridgehead atoms. The van der Waals surface area contributed by atoms with Gasteiger partial charge in [0.2, 0.25) is 0 Å². The van der Waals surface area contributed by atoms with Crippen LogP contribution in [0.2, 0.25) is 0 Å². The highest BCUT2D eigenvalue weighted by Gasteiger charge is 2.30. The van der Waals surface area contributed by atoms with E-state index in [-0.39, 0.29) is 6.04 Å². The summed E-state index contributed by atoms with van der Waals surface area (Å²) < 4.78 is 0. The number of rotatable bonds is 6. The summed E-state index contributed by atoms with van der Waals surface area (Å²) in [6.07, 6.45) is 2.38. The molecule has 4 nitrogen and oxygen atoms in total. The molecule has 1 atom stereocenters. The van der Waals surface area contributed by atoms with Gasteiger partial charge in [-0.2, -0.15) is 0 Å². The molecule has 0 aliphatic carbocycles. The maximum absolute atomic E-state index is 4.91. The Morgan fingerprint density at radius 1 is 1.25 bits per heavy atom. The van der Waals surface area contributed by atoms with Crippen LogP contribution in [0.5, 0.6) is 0 Å². The number of benzene rings is 2. The number of thioether (sulfide) groups is 2. The zero-order chi connectivity index (χ0) is 19.2. The van der Waals surface area contributed by atoms with E-state index in [0.717, 1.165) is 35.4 Å². The van der Waals surface area contributed by atoms with Crippen molar-refractivity contribution in [3.05, 3.63) is 60.2 Å². The Hall–Kier alpha value is -1.92. The van der Waals surface area contributed by atoms with Crippen molar-refractivity contribution in [2.75, 3.05) is 29.9 Å². The van der Waals surface area contributed by atoms with Gasteiger partial charge in [0.05, 0.1) is 11.7 Å². The Morgan fingerprint density at radius 3 is 2.96 bits per heavy atom. The van der Waals surface area contributed by atoms with Crippen molar-refractivity contribution in [1.29, 1.82) is 0 Å². The molecule has 0 aromatic heterocycles. The minimum atomic E-state index is 0.242. The van der Waals surface area contributed by atoms with Gasteiger partial charge < -0.3 is 10.2 Å². The second-order valence-corrected chi connectivity index (χ2v) is 9.07. The van der Waals surface area contributed by atoms with E-state index < -0.39 is 0 Å². The summed E-state index contributed by atoms with van der Waals surface area (Å²) in [7, 11) is 0. The monoisotopic (exact) mass is 410 g/mol. The first-order valence-electron chi connectivity index (χ1n) is 9.91. The Morgan fingerprint density at radius 2 is 2.14 bits per heavy atom. The topological polar surface area (TPSA) is 40.0 Å². The third kappa shape index (κ3) is 4.92. The average molecular weight is 411 g/mol. The number of unbranched alkanes of at least 4 members (excludes halogenated alkanes) is 1. The van der Waals surface area contributed by atoms with Gasteiger partial charge in [0.15, 0.2) is 10.3 Å². The third-order valence-corrected chi connectivity index (χ3v) is 6.74. The van der Waals surface area contributed by atoms with Crippen LogP contribution in [0.4, 0.5) is 11.4 Å². The van der Waals surface area contributed by atoms with Gasteiger partial charge in [-0.15, -0.1) is 0 Å². The second-order valence-electron chi connectivity index (χ2n) is 6.93. The van der Waals surface area contributed by atoms with E-state index in [1.165, 1.54) is 29.3 Å².